The number of aryl methyl sites for hydroxylation is 1. The van der Waals surface area contributed by atoms with Crippen LogP contribution in [0, 0.1) is 0 Å². The van der Waals surface area contributed by atoms with Crippen LogP contribution in [0.15, 0.2) is 59.5 Å². The van der Waals surface area contributed by atoms with Gasteiger partial charge in [0.05, 0.1) is 15.8 Å². The zero-order chi connectivity index (χ0) is 24.1. The largest absolute Gasteiger partial charge is 0.507 e. The van der Waals surface area contributed by atoms with E-state index in [0.29, 0.717) is 35.4 Å². The number of aliphatic hydroxyl groups excluding tert-OH is 1. The zero-order valence-electron chi connectivity index (χ0n) is 18.7. The number of aliphatic hydroxyl groups is 1. The highest BCUT2D eigenvalue weighted by molar-refractivity contribution is 7.22. The third-order valence-electron chi connectivity index (χ3n) is 6.13. The zero-order valence-corrected chi connectivity index (χ0v) is 20.3. The second-order valence-electron chi connectivity index (χ2n) is 8.20. The second kappa shape index (κ2) is 8.51. The average Bonchev–Trinajstić information content (AvgIpc) is 3.61. The van der Waals surface area contributed by atoms with Crippen LogP contribution in [0.2, 0.25) is 0 Å². The maximum absolute atomic E-state index is 13.3. The minimum absolute atomic E-state index is 0.0302. The lowest BCUT2D eigenvalue weighted by molar-refractivity contribution is -0.132. The highest BCUT2D eigenvalue weighted by Crippen LogP contribution is 2.46. The fourth-order valence-corrected chi connectivity index (χ4v) is 6.25. The summed E-state index contributed by atoms with van der Waals surface area (Å²) in [6.45, 7) is 2.92. The summed E-state index contributed by atoms with van der Waals surface area (Å²) in [7, 11) is 0. The van der Waals surface area contributed by atoms with Gasteiger partial charge in [0, 0.05) is 10.4 Å². The molecule has 35 heavy (non-hydrogen) atoms. The van der Waals surface area contributed by atoms with E-state index < -0.39 is 17.7 Å². The topological polar surface area (TPSA) is 89.0 Å². The number of Topliss-reactive ketones (excluding diaryl/α,β-unsaturated/α-hetero) is 1. The minimum Gasteiger partial charge on any atom is -0.507 e. The highest BCUT2D eigenvalue weighted by atomic mass is 32.1. The molecule has 2 aliphatic heterocycles. The number of ketones is 1. The Balaban J connectivity index is 1.50. The van der Waals surface area contributed by atoms with E-state index >= 15 is 0 Å². The number of hydrogen-bond acceptors (Lipinski definition) is 8. The Labute approximate surface area is 208 Å². The number of aromatic nitrogens is 1. The Bertz CT molecular complexity index is 1510. The summed E-state index contributed by atoms with van der Waals surface area (Å²) in [5.74, 6) is -0.652. The van der Waals surface area contributed by atoms with Gasteiger partial charge >= 0.3 is 5.91 Å². The van der Waals surface area contributed by atoms with Crippen molar-refractivity contribution in [1.82, 2.24) is 4.98 Å². The van der Waals surface area contributed by atoms with Crippen LogP contribution in [0.1, 0.15) is 29.0 Å². The van der Waals surface area contributed by atoms with Gasteiger partial charge in [-0.05, 0) is 53.8 Å². The standard InChI is InChI=1S/C26H20N2O5S2/c1-2-14-5-7-16-20(12-14)35-26(27-16)28-22(19-4-3-11-34-19)21(24(30)25(28)31)23(29)15-6-8-17-18(13-15)33-10-9-32-17/h3-8,11-13,22,29H,2,9-10H2,1H3/b23-21+. The molecule has 1 atom stereocenters. The van der Waals surface area contributed by atoms with Crippen molar-refractivity contribution in [2.75, 3.05) is 18.1 Å². The van der Waals surface area contributed by atoms with Crippen molar-refractivity contribution >= 4 is 55.5 Å². The number of thiazole rings is 1. The number of carbonyl (C=O) groups is 2. The number of amides is 1. The Hall–Kier alpha value is -3.69. The summed E-state index contributed by atoms with van der Waals surface area (Å²) in [5.41, 5.74) is 2.34. The Morgan fingerprint density at radius 3 is 2.71 bits per heavy atom. The molecule has 6 rings (SSSR count). The third-order valence-corrected chi connectivity index (χ3v) is 8.07. The maximum Gasteiger partial charge on any atom is 0.301 e. The lowest BCUT2D eigenvalue weighted by atomic mass is 9.99. The molecule has 2 aromatic heterocycles. The lowest BCUT2D eigenvalue weighted by Gasteiger charge is -2.22. The van der Waals surface area contributed by atoms with Gasteiger partial charge in [0.1, 0.15) is 25.0 Å². The summed E-state index contributed by atoms with van der Waals surface area (Å²) in [6, 6.07) is 13.9. The minimum atomic E-state index is -0.783. The average molecular weight is 505 g/mol. The van der Waals surface area contributed by atoms with Crippen LogP contribution in [-0.2, 0) is 16.0 Å². The quantitative estimate of drug-likeness (QED) is 0.230. The van der Waals surface area contributed by atoms with Crippen molar-refractivity contribution in [2.45, 2.75) is 19.4 Å². The number of fused-ring (bicyclic) bond motifs is 2. The molecule has 4 aromatic rings. The number of benzene rings is 2. The number of nitrogens with zero attached hydrogens (tertiary/aromatic N) is 2. The van der Waals surface area contributed by atoms with Crippen LogP contribution in [-0.4, -0.2) is 35.0 Å². The van der Waals surface area contributed by atoms with E-state index in [4.69, 9.17) is 9.47 Å². The lowest BCUT2D eigenvalue weighted by Crippen LogP contribution is -2.28. The molecule has 176 valence electrons. The number of carbonyl (C=O) groups excluding carboxylic acids is 2. The van der Waals surface area contributed by atoms with E-state index in [1.54, 1.807) is 18.2 Å². The van der Waals surface area contributed by atoms with Gasteiger partial charge in [-0.15, -0.1) is 11.3 Å². The summed E-state index contributed by atoms with van der Waals surface area (Å²) >= 11 is 2.78. The monoisotopic (exact) mass is 504 g/mol. The van der Waals surface area contributed by atoms with Gasteiger partial charge in [0.15, 0.2) is 16.6 Å². The SMILES string of the molecule is CCc1ccc2nc(N3C(=O)C(=O)/C(=C(/O)c4ccc5c(c4)OCCO5)C3c3cccs3)sc2c1. The third kappa shape index (κ3) is 3.59. The van der Waals surface area contributed by atoms with Gasteiger partial charge in [0.2, 0.25) is 0 Å². The second-order valence-corrected chi connectivity index (χ2v) is 10.2. The fourth-order valence-electron chi connectivity index (χ4n) is 4.37. The normalized spacial score (nSPS) is 19.0. The van der Waals surface area contributed by atoms with Crippen molar-refractivity contribution in [3.05, 3.63) is 75.5 Å². The molecule has 0 aliphatic carbocycles. The van der Waals surface area contributed by atoms with Crippen LogP contribution in [0.4, 0.5) is 5.13 Å². The Morgan fingerprint density at radius 1 is 1.11 bits per heavy atom. The molecule has 7 nitrogen and oxygen atoms in total. The molecule has 0 bridgehead atoms. The highest BCUT2D eigenvalue weighted by Gasteiger charge is 2.48. The van der Waals surface area contributed by atoms with Crippen molar-refractivity contribution in [3.8, 4) is 11.5 Å². The van der Waals surface area contributed by atoms with Gasteiger partial charge in [-0.25, -0.2) is 4.98 Å². The molecule has 1 amide bonds. The van der Waals surface area contributed by atoms with Gasteiger partial charge in [-0.3, -0.25) is 14.5 Å². The number of hydrogen-bond donors (Lipinski definition) is 1. The summed E-state index contributed by atoms with van der Waals surface area (Å²) in [5, 5.41) is 13.6. The molecule has 9 heteroatoms. The Morgan fingerprint density at radius 2 is 1.94 bits per heavy atom. The van der Waals surface area contributed by atoms with E-state index in [-0.39, 0.29) is 11.3 Å². The number of thiophene rings is 1. The molecule has 0 saturated carbocycles. The van der Waals surface area contributed by atoms with E-state index in [1.807, 2.05) is 29.6 Å². The van der Waals surface area contributed by atoms with Crippen molar-refractivity contribution < 1.29 is 24.2 Å². The van der Waals surface area contributed by atoms with Crippen molar-refractivity contribution in [3.63, 3.8) is 0 Å². The predicted octanol–water partition coefficient (Wildman–Crippen LogP) is 5.32. The fraction of sp³-hybridized carbons (Fsp3) is 0.192. The van der Waals surface area contributed by atoms with E-state index in [2.05, 4.69) is 18.0 Å². The predicted molar refractivity (Wildman–Crippen MR) is 136 cm³/mol. The van der Waals surface area contributed by atoms with E-state index in [1.165, 1.54) is 33.1 Å². The number of ether oxygens (including phenoxy) is 2. The van der Waals surface area contributed by atoms with Crippen LogP contribution >= 0.6 is 22.7 Å². The molecule has 4 heterocycles. The molecule has 0 spiro atoms. The van der Waals surface area contributed by atoms with Gasteiger partial charge in [-0.2, -0.15) is 0 Å². The number of anilines is 1. The molecular formula is C26H20N2O5S2. The number of rotatable bonds is 4. The van der Waals surface area contributed by atoms with E-state index in [0.717, 1.165) is 21.5 Å². The first-order valence-electron chi connectivity index (χ1n) is 11.2. The van der Waals surface area contributed by atoms with Gasteiger partial charge < -0.3 is 14.6 Å². The first kappa shape index (κ1) is 21.8. The first-order valence-corrected chi connectivity index (χ1v) is 12.9. The first-order chi connectivity index (χ1) is 17.0. The smallest absolute Gasteiger partial charge is 0.301 e. The Kier molecular flexibility index (Phi) is 5.31. The summed E-state index contributed by atoms with van der Waals surface area (Å²) in [4.78, 5) is 33.5. The molecule has 2 aromatic carbocycles. The van der Waals surface area contributed by atoms with Crippen LogP contribution < -0.4 is 14.4 Å². The summed E-state index contributed by atoms with van der Waals surface area (Å²) in [6.07, 6.45) is 0.887. The molecule has 1 unspecified atom stereocenters. The van der Waals surface area contributed by atoms with Crippen molar-refractivity contribution in [2.24, 2.45) is 0 Å². The molecule has 1 fully saturated rings. The molecule has 0 radical (unpaired) electrons. The molecule has 1 N–H and O–H groups in total. The van der Waals surface area contributed by atoms with E-state index in [9.17, 15) is 14.7 Å². The van der Waals surface area contributed by atoms with Crippen LogP contribution in [0.25, 0.3) is 16.0 Å². The van der Waals surface area contributed by atoms with Crippen LogP contribution in [0.5, 0.6) is 11.5 Å². The molecule has 2 aliphatic rings. The molecule has 1 saturated heterocycles. The van der Waals surface area contributed by atoms with Gasteiger partial charge in [-0.1, -0.05) is 30.4 Å². The molecular weight excluding hydrogens is 484 g/mol. The maximum atomic E-state index is 13.3. The summed E-state index contributed by atoms with van der Waals surface area (Å²) < 4.78 is 12.1. The van der Waals surface area contributed by atoms with Crippen molar-refractivity contribution in [1.29, 1.82) is 0 Å². The van der Waals surface area contributed by atoms with Crippen LogP contribution in [0.3, 0.4) is 0 Å². The van der Waals surface area contributed by atoms with Gasteiger partial charge in [0.25, 0.3) is 5.78 Å².